The Bertz CT molecular complexity index is 1090. The molecule has 0 bridgehead atoms. The highest BCUT2D eigenvalue weighted by Crippen LogP contribution is 2.25. The van der Waals surface area contributed by atoms with Gasteiger partial charge >= 0.3 is 0 Å². The fraction of sp³-hybridized carbons (Fsp3) is 0.200. The van der Waals surface area contributed by atoms with E-state index in [0.717, 1.165) is 16.7 Å². The number of para-hydroxylation sites is 1. The van der Waals surface area contributed by atoms with E-state index in [1.165, 1.54) is 4.31 Å². The number of oxime groups is 1. The van der Waals surface area contributed by atoms with Crippen LogP contribution in [0, 0.1) is 0 Å². The van der Waals surface area contributed by atoms with Gasteiger partial charge in [-0.05, 0) is 17.7 Å². The van der Waals surface area contributed by atoms with Gasteiger partial charge in [-0.25, -0.2) is 8.42 Å². The van der Waals surface area contributed by atoms with Crippen LogP contribution < -0.4 is 0 Å². The molecular weight excluding hydrogens is 362 g/mol. The molecule has 0 spiro atoms. The van der Waals surface area contributed by atoms with Crippen LogP contribution in [0.15, 0.2) is 76.9 Å². The number of pyridine rings is 1. The number of hydrogen-bond acceptors (Lipinski definition) is 5. The molecule has 7 heteroatoms. The van der Waals surface area contributed by atoms with Crippen molar-refractivity contribution in [2.45, 2.75) is 17.4 Å². The summed E-state index contributed by atoms with van der Waals surface area (Å²) < 4.78 is 27.5. The molecule has 138 valence electrons. The number of benzene rings is 2. The van der Waals surface area contributed by atoms with Gasteiger partial charge < -0.3 is 4.84 Å². The largest absolute Gasteiger partial charge is 0.390 e. The molecule has 0 saturated heterocycles. The molecule has 0 N–H and O–H groups in total. The Morgan fingerprint density at radius 1 is 1.07 bits per heavy atom. The Kier molecular flexibility index (Phi) is 4.63. The van der Waals surface area contributed by atoms with Crippen molar-refractivity contribution in [2.24, 2.45) is 5.16 Å². The topological polar surface area (TPSA) is 71.9 Å². The van der Waals surface area contributed by atoms with Gasteiger partial charge in [-0.15, -0.1) is 0 Å². The van der Waals surface area contributed by atoms with Crippen molar-refractivity contribution in [1.29, 1.82) is 0 Å². The van der Waals surface area contributed by atoms with E-state index in [0.29, 0.717) is 11.9 Å². The van der Waals surface area contributed by atoms with E-state index in [1.54, 1.807) is 31.4 Å². The molecule has 0 aliphatic carbocycles. The summed E-state index contributed by atoms with van der Waals surface area (Å²) >= 11 is 0. The van der Waals surface area contributed by atoms with E-state index in [4.69, 9.17) is 4.84 Å². The van der Waals surface area contributed by atoms with Crippen LogP contribution in [0.25, 0.3) is 10.9 Å². The second-order valence-electron chi connectivity index (χ2n) is 6.45. The Morgan fingerprint density at radius 2 is 1.85 bits per heavy atom. The van der Waals surface area contributed by atoms with Crippen molar-refractivity contribution >= 4 is 26.6 Å². The summed E-state index contributed by atoms with van der Waals surface area (Å²) in [6, 6.07) is 18.6. The number of hydrogen-bond donors (Lipinski definition) is 0. The molecule has 1 aliphatic rings. The SMILES string of the molecule is CN(C[C@H]1CC(c2ccccc2)=NO1)S(=O)(=O)c1cccc2cccnc12. The van der Waals surface area contributed by atoms with Crippen LogP contribution >= 0.6 is 0 Å². The van der Waals surface area contributed by atoms with E-state index in [2.05, 4.69) is 10.1 Å². The van der Waals surface area contributed by atoms with Crippen molar-refractivity contribution < 1.29 is 13.3 Å². The minimum absolute atomic E-state index is 0.199. The third-order valence-corrected chi connectivity index (χ3v) is 6.44. The van der Waals surface area contributed by atoms with Crippen LogP contribution in [-0.4, -0.2) is 43.1 Å². The van der Waals surface area contributed by atoms with Gasteiger partial charge in [0.1, 0.15) is 11.0 Å². The number of likely N-dealkylation sites (N-methyl/N-ethyl adjacent to an activating group) is 1. The van der Waals surface area contributed by atoms with Gasteiger partial charge in [0, 0.05) is 25.1 Å². The number of rotatable bonds is 5. The van der Waals surface area contributed by atoms with Gasteiger partial charge in [0.15, 0.2) is 0 Å². The fourth-order valence-corrected chi connectivity index (χ4v) is 4.53. The van der Waals surface area contributed by atoms with E-state index >= 15 is 0 Å². The molecule has 2 aromatic carbocycles. The zero-order chi connectivity index (χ0) is 18.9. The molecule has 0 amide bonds. The lowest BCUT2D eigenvalue weighted by Gasteiger charge is -2.20. The highest BCUT2D eigenvalue weighted by atomic mass is 32.2. The molecule has 6 nitrogen and oxygen atoms in total. The summed E-state index contributed by atoms with van der Waals surface area (Å²) in [4.78, 5) is 9.93. The first-order valence-corrected chi connectivity index (χ1v) is 10.1. The maximum absolute atomic E-state index is 13.1. The molecule has 1 aromatic heterocycles. The van der Waals surface area contributed by atoms with Crippen molar-refractivity contribution in [2.75, 3.05) is 13.6 Å². The van der Waals surface area contributed by atoms with Crippen molar-refractivity contribution in [3.8, 4) is 0 Å². The molecule has 1 atom stereocenters. The number of aromatic nitrogens is 1. The molecule has 1 aliphatic heterocycles. The summed E-state index contributed by atoms with van der Waals surface area (Å²) in [6.07, 6.45) is 1.85. The monoisotopic (exact) mass is 381 g/mol. The van der Waals surface area contributed by atoms with Gasteiger partial charge in [-0.3, -0.25) is 4.98 Å². The summed E-state index contributed by atoms with van der Waals surface area (Å²) in [5.41, 5.74) is 2.29. The molecule has 0 radical (unpaired) electrons. The maximum atomic E-state index is 13.1. The first kappa shape index (κ1) is 17.6. The summed E-state index contributed by atoms with van der Waals surface area (Å²) in [5.74, 6) is 0. The minimum Gasteiger partial charge on any atom is -0.390 e. The predicted octanol–water partition coefficient (Wildman–Crippen LogP) is 3.05. The number of nitrogens with zero attached hydrogens (tertiary/aromatic N) is 3. The van der Waals surface area contributed by atoms with E-state index in [1.807, 2.05) is 42.5 Å². The second kappa shape index (κ2) is 7.09. The van der Waals surface area contributed by atoms with Gasteiger partial charge in [0.05, 0.1) is 17.8 Å². The minimum atomic E-state index is -3.70. The van der Waals surface area contributed by atoms with Gasteiger partial charge in [0.25, 0.3) is 0 Å². The standard InChI is InChI=1S/C20H19N3O3S/c1-23(14-17-13-18(22-26-17)15-7-3-2-4-8-15)27(24,25)19-11-5-9-16-10-6-12-21-20(16)19/h2-12,17H,13-14H2,1H3/t17-/m1/s1. The lowest BCUT2D eigenvalue weighted by Crippen LogP contribution is -2.34. The summed E-state index contributed by atoms with van der Waals surface area (Å²) in [5, 5.41) is 4.92. The van der Waals surface area contributed by atoms with Gasteiger partial charge in [-0.1, -0.05) is 53.7 Å². The van der Waals surface area contributed by atoms with Crippen molar-refractivity contribution in [3.63, 3.8) is 0 Å². The molecular formula is C20H19N3O3S. The average molecular weight is 381 g/mol. The summed E-state index contributed by atoms with van der Waals surface area (Å²) in [7, 11) is -2.14. The van der Waals surface area contributed by atoms with Gasteiger partial charge in [-0.2, -0.15) is 4.31 Å². The molecule has 0 saturated carbocycles. The van der Waals surface area contributed by atoms with Crippen LogP contribution in [0.3, 0.4) is 0 Å². The third-order valence-electron chi connectivity index (χ3n) is 4.58. The third kappa shape index (κ3) is 3.43. The molecule has 0 fully saturated rings. The number of sulfonamides is 1. The van der Waals surface area contributed by atoms with Crippen LogP contribution in [0.4, 0.5) is 0 Å². The van der Waals surface area contributed by atoms with E-state index < -0.39 is 10.0 Å². The number of fused-ring (bicyclic) bond motifs is 1. The van der Waals surface area contributed by atoms with Crippen LogP contribution in [0.5, 0.6) is 0 Å². The molecule has 0 unspecified atom stereocenters. The zero-order valence-corrected chi connectivity index (χ0v) is 15.6. The second-order valence-corrected chi connectivity index (χ2v) is 8.47. The van der Waals surface area contributed by atoms with E-state index in [-0.39, 0.29) is 17.5 Å². The lowest BCUT2D eigenvalue weighted by atomic mass is 10.1. The highest BCUT2D eigenvalue weighted by molar-refractivity contribution is 7.89. The highest BCUT2D eigenvalue weighted by Gasteiger charge is 2.30. The predicted molar refractivity (Wildman–Crippen MR) is 104 cm³/mol. The maximum Gasteiger partial charge on any atom is 0.245 e. The normalized spacial score (nSPS) is 17.1. The Hall–Kier alpha value is -2.77. The molecule has 27 heavy (non-hydrogen) atoms. The van der Waals surface area contributed by atoms with Crippen LogP contribution in [0.2, 0.25) is 0 Å². The van der Waals surface area contributed by atoms with Crippen LogP contribution in [-0.2, 0) is 14.9 Å². The van der Waals surface area contributed by atoms with Crippen molar-refractivity contribution in [1.82, 2.24) is 9.29 Å². The zero-order valence-electron chi connectivity index (χ0n) is 14.8. The average Bonchev–Trinajstić information content (AvgIpc) is 3.16. The fourth-order valence-electron chi connectivity index (χ4n) is 3.16. The lowest BCUT2D eigenvalue weighted by molar-refractivity contribution is 0.0740. The molecule has 3 aromatic rings. The van der Waals surface area contributed by atoms with Gasteiger partial charge in [0.2, 0.25) is 10.0 Å². The van der Waals surface area contributed by atoms with E-state index in [9.17, 15) is 8.42 Å². The Morgan fingerprint density at radius 3 is 2.67 bits per heavy atom. The first-order valence-electron chi connectivity index (χ1n) is 8.64. The molecule has 4 rings (SSSR count). The van der Waals surface area contributed by atoms with Crippen molar-refractivity contribution in [3.05, 3.63) is 72.4 Å². The Labute approximate surface area is 158 Å². The quantitative estimate of drug-likeness (QED) is 0.681. The Balaban J connectivity index is 1.52. The summed E-state index contributed by atoms with van der Waals surface area (Å²) in [6.45, 7) is 0.214. The first-order chi connectivity index (χ1) is 13.1. The smallest absolute Gasteiger partial charge is 0.245 e. The van der Waals surface area contributed by atoms with Crippen LogP contribution in [0.1, 0.15) is 12.0 Å². The molecule has 2 heterocycles.